The van der Waals surface area contributed by atoms with Gasteiger partial charge in [-0.2, -0.15) is 0 Å². The molecule has 0 radical (unpaired) electrons. The summed E-state index contributed by atoms with van der Waals surface area (Å²) in [6.07, 6.45) is 0. The SMILES string of the molecule is CCOC(=O)c1cccc(N2C(=O)C(O)=C(C(=O)c3cc4cc(Cl)ccc4o3)C2c2cccc(C)c2)c1. The van der Waals surface area contributed by atoms with Crippen molar-refractivity contribution in [3.05, 3.63) is 112 Å². The van der Waals surface area contributed by atoms with Gasteiger partial charge in [-0.25, -0.2) is 4.79 Å². The van der Waals surface area contributed by atoms with Crippen molar-refractivity contribution in [1.29, 1.82) is 0 Å². The number of aryl methyl sites for hydroxylation is 1. The van der Waals surface area contributed by atoms with Crippen LogP contribution in [0.15, 0.2) is 88.5 Å². The molecule has 1 aliphatic heterocycles. The number of ketones is 1. The van der Waals surface area contributed by atoms with Gasteiger partial charge in [-0.1, -0.05) is 47.5 Å². The molecule has 1 aliphatic rings. The van der Waals surface area contributed by atoms with Crippen LogP contribution >= 0.6 is 11.6 Å². The Hall–Kier alpha value is -4.36. The maximum absolute atomic E-state index is 13.8. The number of hydrogen-bond donors (Lipinski definition) is 1. The molecule has 1 aromatic heterocycles. The molecule has 1 N–H and O–H groups in total. The number of nitrogens with zero attached hydrogens (tertiary/aromatic N) is 1. The number of fused-ring (bicyclic) bond motifs is 1. The quantitative estimate of drug-likeness (QED) is 0.237. The van der Waals surface area contributed by atoms with Crippen molar-refractivity contribution in [3.8, 4) is 0 Å². The van der Waals surface area contributed by atoms with E-state index in [0.717, 1.165) is 5.56 Å². The standard InChI is InChI=1S/C29H22ClNO6/c1-3-36-29(35)18-8-5-9-21(14-18)31-25(17-7-4-6-16(2)12-17)24(27(33)28(31)34)26(32)23-15-19-13-20(30)10-11-22(19)37-23/h4-15,25,33H,3H2,1-2H3. The Morgan fingerprint density at radius 1 is 1.05 bits per heavy atom. The molecular formula is C29H22ClNO6. The largest absolute Gasteiger partial charge is 0.503 e. The molecule has 0 saturated carbocycles. The molecule has 2 heterocycles. The lowest BCUT2D eigenvalue weighted by molar-refractivity contribution is -0.117. The lowest BCUT2D eigenvalue weighted by atomic mass is 9.93. The van der Waals surface area contributed by atoms with Crippen molar-refractivity contribution in [2.75, 3.05) is 11.5 Å². The average molecular weight is 516 g/mol. The fraction of sp³-hybridized carbons (Fsp3) is 0.138. The molecule has 1 unspecified atom stereocenters. The molecule has 8 heteroatoms. The van der Waals surface area contributed by atoms with Crippen molar-refractivity contribution in [3.63, 3.8) is 0 Å². The number of carbonyl (C=O) groups excluding carboxylic acids is 3. The molecule has 0 saturated heterocycles. The maximum Gasteiger partial charge on any atom is 0.338 e. The van der Waals surface area contributed by atoms with E-state index < -0.39 is 29.5 Å². The Kier molecular flexibility index (Phi) is 6.31. The first-order chi connectivity index (χ1) is 17.8. The Labute approximate surface area is 217 Å². The van der Waals surface area contributed by atoms with E-state index in [-0.39, 0.29) is 23.5 Å². The first kappa shape index (κ1) is 24.3. The van der Waals surface area contributed by atoms with E-state index in [1.165, 1.54) is 17.0 Å². The van der Waals surface area contributed by atoms with Crippen LogP contribution in [-0.2, 0) is 9.53 Å². The topological polar surface area (TPSA) is 97.0 Å². The molecule has 0 fully saturated rings. The highest BCUT2D eigenvalue weighted by Crippen LogP contribution is 2.42. The van der Waals surface area contributed by atoms with Gasteiger partial charge in [-0.3, -0.25) is 14.5 Å². The monoisotopic (exact) mass is 515 g/mol. The predicted octanol–water partition coefficient (Wildman–Crippen LogP) is 6.35. The highest BCUT2D eigenvalue weighted by atomic mass is 35.5. The number of benzene rings is 3. The molecule has 4 aromatic rings. The summed E-state index contributed by atoms with van der Waals surface area (Å²) in [5.41, 5.74) is 2.41. The zero-order valence-corrected chi connectivity index (χ0v) is 20.8. The van der Waals surface area contributed by atoms with Crippen molar-refractivity contribution in [2.24, 2.45) is 0 Å². The smallest absolute Gasteiger partial charge is 0.338 e. The van der Waals surface area contributed by atoms with Crippen LogP contribution in [-0.4, -0.2) is 29.4 Å². The zero-order chi connectivity index (χ0) is 26.3. The van der Waals surface area contributed by atoms with E-state index >= 15 is 0 Å². The molecule has 37 heavy (non-hydrogen) atoms. The first-order valence-corrected chi connectivity index (χ1v) is 12.0. The summed E-state index contributed by atoms with van der Waals surface area (Å²) >= 11 is 6.08. The molecular weight excluding hydrogens is 494 g/mol. The van der Waals surface area contributed by atoms with Crippen molar-refractivity contribution < 1.29 is 28.6 Å². The van der Waals surface area contributed by atoms with Crippen LogP contribution in [0.5, 0.6) is 0 Å². The Morgan fingerprint density at radius 2 is 1.84 bits per heavy atom. The minimum atomic E-state index is -0.964. The maximum atomic E-state index is 13.8. The van der Waals surface area contributed by atoms with Crippen LogP contribution in [0.3, 0.4) is 0 Å². The molecule has 1 amide bonds. The minimum Gasteiger partial charge on any atom is -0.503 e. The molecule has 5 rings (SSSR count). The van der Waals surface area contributed by atoms with Crippen LogP contribution in [0.1, 0.15) is 45.0 Å². The van der Waals surface area contributed by atoms with Gasteiger partial charge in [0, 0.05) is 16.1 Å². The summed E-state index contributed by atoms with van der Waals surface area (Å²) in [6.45, 7) is 3.78. The zero-order valence-electron chi connectivity index (χ0n) is 20.0. The minimum absolute atomic E-state index is 0.0357. The number of hydrogen-bond acceptors (Lipinski definition) is 6. The van der Waals surface area contributed by atoms with E-state index in [1.54, 1.807) is 49.4 Å². The molecule has 1 atom stereocenters. The first-order valence-electron chi connectivity index (χ1n) is 11.6. The summed E-state index contributed by atoms with van der Waals surface area (Å²) in [5, 5.41) is 12.1. The summed E-state index contributed by atoms with van der Waals surface area (Å²) in [4.78, 5) is 40.9. The van der Waals surface area contributed by atoms with Crippen LogP contribution in [0, 0.1) is 6.92 Å². The second kappa shape index (κ2) is 9.59. The van der Waals surface area contributed by atoms with E-state index in [1.807, 2.05) is 25.1 Å². The number of esters is 1. The predicted molar refractivity (Wildman–Crippen MR) is 139 cm³/mol. The molecule has 0 bridgehead atoms. The highest BCUT2D eigenvalue weighted by molar-refractivity contribution is 6.31. The molecule has 0 spiro atoms. The third kappa shape index (κ3) is 4.38. The fourth-order valence-corrected chi connectivity index (χ4v) is 4.70. The van der Waals surface area contributed by atoms with Gasteiger partial charge in [0.1, 0.15) is 5.58 Å². The molecule has 186 valence electrons. The van der Waals surface area contributed by atoms with E-state index in [0.29, 0.717) is 27.2 Å². The van der Waals surface area contributed by atoms with Crippen molar-refractivity contribution in [1.82, 2.24) is 0 Å². The number of ether oxygens (including phenoxy) is 1. The van der Waals surface area contributed by atoms with E-state index in [9.17, 15) is 19.5 Å². The van der Waals surface area contributed by atoms with Gasteiger partial charge < -0.3 is 14.3 Å². The summed E-state index contributed by atoms with van der Waals surface area (Å²) in [7, 11) is 0. The van der Waals surface area contributed by atoms with E-state index in [2.05, 4.69) is 0 Å². The number of Topliss-reactive ketones (excluding diaryl/α,β-unsaturated/α-hetero) is 1. The van der Waals surface area contributed by atoms with E-state index in [4.69, 9.17) is 20.8 Å². The molecule has 7 nitrogen and oxygen atoms in total. The Bertz CT molecular complexity index is 1600. The number of aliphatic hydroxyl groups excluding tert-OH is 1. The summed E-state index contributed by atoms with van der Waals surface area (Å²) in [6, 6.07) is 19.2. The van der Waals surface area contributed by atoms with Gasteiger partial charge in [0.05, 0.1) is 23.8 Å². The fourth-order valence-electron chi connectivity index (χ4n) is 4.52. The molecule has 3 aromatic carbocycles. The molecule has 0 aliphatic carbocycles. The van der Waals surface area contributed by atoms with Gasteiger partial charge in [-0.05, 0) is 61.9 Å². The Balaban J connectivity index is 1.64. The number of carbonyl (C=O) groups is 3. The second-order valence-corrected chi connectivity index (χ2v) is 9.08. The lowest BCUT2D eigenvalue weighted by Gasteiger charge is -2.27. The third-order valence-corrected chi connectivity index (χ3v) is 6.38. The summed E-state index contributed by atoms with van der Waals surface area (Å²) < 4.78 is 10.9. The third-order valence-electron chi connectivity index (χ3n) is 6.15. The van der Waals surface area contributed by atoms with Crippen LogP contribution in [0.25, 0.3) is 11.0 Å². The normalized spacial score (nSPS) is 15.5. The van der Waals surface area contributed by atoms with Crippen LogP contribution in [0.4, 0.5) is 5.69 Å². The van der Waals surface area contributed by atoms with Gasteiger partial charge in [0.15, 0.2) is 11.5 Å². The van der Waals surface area contributed by atoms with Gasteiger partial charge in [-0.15, -0.1) is 0 Å². The number of amides is 1. The van der Waals surface area contributed by atoms with Crippen LogP contribution < -0.4 is 4.90 Å². The number of halogens is 1. The summed E-state index contributed by atoms with van der Waals surface area (Å²) in [5.74, 6) is -2.66. The van der Waals surface area contributed by atoms with Crippen molar-refractivity contribution >= 4 is 45.9 Å². The number of anilines is 1. The van der Waals surface area contributed by atoms with Gasteiger partial charge in [0.25, 0.3) is 5.91 Å². The average Bonchev–Trinajstić information content (AvgIpc) is 3.42. The number of rotatable bonds is 6. The van der Waals surface area contributed by atoms with Crippen LogP contribution in [0.2, 0.25) is 5.02 Å². The van der Waals surface area contributed by atoms with Gasteiger partial charge >= 0.3 is 5.97 Å². The highest BCUT2D eigenvalue weighted by Gasteiger charge is 2.45. The number of aliphatic hydroxyl groups is 1. The second-order valence-electron chi connectivity index (χ2n) is 8.65. The van der Waals surface area contributed by atoms with Gasteiger partial charge in [0.2, 0.25) is 5.78 Å². The Morgan fingerprint density at radius 3 is 2.59 bits per heavy atom. The number of furan rings is 1. The van der Waals surface area contributed by atoms with Crippen molar-refractivity contribution in [2.45, 2.75) is 19.9 Å². The lowest BCUT2D eigenvalue weighted by Crippen LogP contribution is -2.31.